The van der Waals surface area contributed by atoms with E-state index in [1.54, 1.807) is 0 Å². The number of benzene rings is 3. The van der Waals surface area contributed by atoms with Gasteiger partial charge in [0.2, 0.25) is 0 Å². The first-order chi connectivity index (χ1) is 14.0. The Morgan fingerprint density at radius 2 is 1.52 bits per heavy atom. The van der Waals surface area contributed by atoms with Crippen LogP contribution in [-0.4, -0.2) is 4.92 Å². The van der Waals surface area contributed by atoms with Crippen LogP contribution < -0.4 is 4.52 Å². The zero-order valence-electron chi connectivity index (χ0n) is 15.3. The predicted molar refractivity (Wildman–Crippen MR) is 113 cm³/mol. The van der Waals surface area contributed by atoms with Gasteiger partial charge in [0.15, 0.2) is 0 Å². The Bertz CT molecular complexity index is 978. The van der Waals surface area contributed by atoms with Crippen LogP contribution in [0.5, 0.6) is 5.75 Å². The minimum atomic E-state index is -3.57. The van der Waals surface area contributed by atoms with Crippen LogP contribution in [0, 0.1) is 10.1 Å². The van der Waals surface area contributed by atoms with Crippen LogP contribution >= 0.6 is 18.2 Å². The molecule has 0 aromatic heterocycles. The number of nitrogens with zero attached hydrogens (tertiary/aromatic N) is 1. The molecule has 0 aliphatic carbocycles. The summed E-state index contributed by atoms with van der Waals surface area (Å²) in [5, 5.41) is 10.8. The molecule has 1 fully saturated rings. The summed E-state index contributed by atoms with van der Waals surface area (Å²) >= 11 is 1.17. The van der Waals surface area contributed by atoms with Crippen LogP contribution in [-0.2, 0) is 9.09 Å². The Balaban J connectivity index is 1.63. The van der Waals surface area contributed by atoms with Crippen LogP contribution in [0.25, 0.3) is 0 Å². The van der Waals surface area contributed by atoms with E-state index in [0.29, 0.717) is 6.42 Å². The first kappa shape index (κ1) is 19.7. The lowest BCUT2D eigenvalue weighted by Gasteiger charge is -2.34. The number of rotatable bonds is 5. The fourth-order valence-electron chi connectivity index (χ4n) is 3.15. The highest BCUT2D eigenvalue weighted by molar-refractivity contribution is 8.55. The van der Waals surface area contributed by atoms with E-state index in [-0.39, 0.29) is 22.8 Å². The van der Waals surface area contributed by atoms with E-state index >= 15 is 0 Å². The standard InChI is InChI=1S/C21H18NO5PS/c23-22(24)18-11-13-19(14-12-18)26-28(25)27-20(16-7-3-1-4-8-16)15-21(29-28)17-9-5-2-6-10-17/h1-14,20-21H,15H2/t20-,21-,28+/m1/s1. The molecular weight excluding hydrogens is 409 g/mol. The molecule has 3 aromatic rings. The maximum absolute atomic E-state index is 13.6. The molecule has 1 heterocycles. The Morgan fingerprint density at radius 3 is 2.10 bits per heavy atom. The van der Waals surface area contributed by atoms with E-state index in [2.05, 4.69) is 0 Å². The van der Waals surface area contributed by atoms with E-state index < -0.39 is 11.7 Å². The molecule has 0 bridgehead atoms. The molecule has 0 amide bonds. The van der Waals surface area contributed by atoms with E-state index in [4.69, 9.17) is 9.05 Å². The lowest BCUT2D eigenvalue weighted by molar-refractivity contribution is -0.384. The monoisotopic (exact) mass is 427 g/mol. The van der Waals surface area contributed by atoms with Gasteiger partial charge in [0.25, 0.3) is 5.69 Å². The minimum Gasteiger partial charge on any atom is -0.417 e. The molecule has 4 rings (SSSR count). The van der Waals surface area contributed by atoms with Gasteiger partial charge in [-0.25, -0.2) is 4.57 Å². The van der Waals surface area contributed by atoms with Crippen molar-refractivity contribution in [2.75, 3.05) is 0 Å². The fourth-order valence-corrected chi connectivity index (χ4v) is 7.44. The summed E-state index contributed by atoms with van der Waals surface area (Å²) in [6.07, 6.45) is 0.276. The van der Waals surface area contributed by atoms with Crippen LogP contribution in [0.3, 0.4) is 0 Å². The van der Waals surface area contributed by atoms with Crippen LogP contribution in [0.2, 0.25) is 0 Å². The van der Waals surface area contributed by atoms with Gasteiger partial charge in [0, 0.05) is 17.4 Å². The number of hydrogen-bond acceptors (Lipinski definition) is 6. The molecule has 6 nitrogen and oxygen atoms in total. The van der Waals surface area contributed by atoms with E-state index in [1.165, 1.54) is 35.6 Å². The second-order valence-electron chi connectivity index (χ2n) is 6.53. The smallest absolute Gasteiger partial charge is 0.417 e. The molecule has 0 spiro atoms. The highest BCUT2D eigenvalue weighted by atomic mass is 32.7. The van der Waals surface area contributed by atoms with Crippen molar-refractivity contribution in [1.29, 1.82) is 0 Å². The Kier molecular flexibility index (Phi) is 5.72. The number of hydrogen-bond donors (Lipinski definition) is 0. The van der Waals surface area contributed by atoms with Crippen LogP contribution in [0.15, 0.2) is 84.9 Å². The largest absolute Gasteiger partial charge is 0.441 e. The summed E-state index contributed by atoms with van der Waals surface area (Å²) < 4.78 is 25.3. The van der Waals surface area contributed by atoms with Gasteiger partial charge in [-0.15, -0.1) is 0 Å². The van der Waals surface area contributed by atoms with Crippen molar-refractivity contribution in [2.45, 2.75) is 17.8 Å². The molecule has 3 aromatic carbocycles. The molecule has 29 heavy (non-hydrogen) atoms. The van der Waals surface area contributed by atoms with E-state index in [9.17, 15) is 14.7 Å². The lowest BCUT2D eigenvalue weighted by Crippen LogP contribution is -2.14. The normalized spacial score (nSPS) is 24.0. The SMILES string of the molecule is O=[N+]([O-])c1ccc(O[P@@]2(=O)O[C@@H](c3ccccc3)C[C@H](c3ccccc3)S2)cc1. The highest BCUT2D eigenvalue weighted by Gasteiger charge is 2.42. The summed E-state index contributed by atoms with van der Waals surface area (Å²) in [6, 6.07) is 25.0. The third kappa shape index (κ3) is 4.70. The number of nitro benzene ring substituents is 1. The topological polar surface area (TPSA) is 78.7 Å². The average molecular weight is 427 g/mol. The van der Waals surface area contributed by atoms with Crippen molar-refractivity contribution in [1.82, 2.24) is 0 Å². The Morgan fingerprint density at radius 1 is 0.931 bits per heavy atom. The first-order valence-electron chi connectivity index (χ1n) is 9.03. The zero-order valence-corrected chi connectivity index (χ0v) is 17.0. The van der Waals surface area contributed by atoms with Crippen molar-refractivity contribution >= 4 is 23.9 Å². The van der Waals surface area contributed by atoms with Gasteiger partial charge >= 0.3 is 6.80 Å². The summed E-state index contributed by atoms with van der Waals surface area (Å²) in [6.45, 7) is -3.57. The second-order valence-corrected chi connectivity index (χ2v) is 10.6. The first-order valence-corrected chi connectivity index (χ1v) is 12.1. The van der Waals surface area contributed by atoms with Gasteiger partial charge in [-0.2, -0.15) is 0 Å². The quantitative estimate of drug-likeness (QED) is 0.256. The molecule has 8 heteroatoms. The highest BCUT2D eigenvalue weighted by Crippen LogP contribution is 2.72. The summed E-state index contributed by atoms with van der Waals surface area (Å²) in [5.74, 6) is 0.270. The third-order valence-corrected chi connectivity index (χ3v) is 8.49. The zero-order chi connectivity index (χ0) is 20.3. The van der Waals surface area contributed by atoms with Gasteiger partial charge in [-0.3, -0.25) is 14.6 Å². The summed E-state index contributed by atoms with van der Waals surface area (Å²) in [5.41, 5.74) is 1.92. The Labute approximate surface area is 172 Å². The van der Waals surface area contributed by atoms with Gasteiger partial charge in [-0.05, 0) is 41.1 Å². The van der Waals surface area contributed by atoms with Gasteiger partial charge in [-0.1, -0.05) is 60.7 Å². The van der Waals surface area contributed by atoms with Gasteiger partial charge < -0.3 is 4.52 Å². The Hall–Kier alpha value is -2.60. The van der Waals surface area contributed by atoms with Crippen LogP contribution in [0.1, 0.15) is 28.9 Å². The van der Waals surface area contributed by atoms with Gasteiger partial charge in [0.1, 0.15) is 5.75 Å². The van der Waals surface area contributed by atoms with Crippen molar-refractivity contribution in [3.05, 3.63) is 106 Å². The lowest BCUT2D eigenvalue weighted by atomic mass is 10.0. The van der Waals surface area contributed by atoms with E-state index in [0.717, 1.165) is 11.1 Å². The molecule has 0 unspecified atom stereocenters. The third-order valence-electron chi connectivity index (χ3n) is 4.55. The molecular formula is C21H18NO5PS. The summed E-state index contributed by atoms with van der Waals surface area (Å²) in [7, 11) is 0. The van der Waals surface area contributed by atoms with Crippen molar-refractivity contribution in [3.63, 3.8) is 0 Å². The molecule has 1 saturated heterocycles. The molecule has 1 aliphatic rings. The summed E-state index contributed by atoms with van der Waals surface area (Å²) in [4.78, 5) is 10.4. The average Bonchev–Trinajstić information content (AvgIpc) is 2.75. The fraction of sp³-hybridized carbons (Fsp3) is 0.143. The predicted octanol–water partition coefficient (Wildman–Crippen LogP) is 6.72. The molecule has 0 saturated carbocycles. The van der Waals surface area contributed by atoms with Crippen molar-refractivity contribution in [3.8, 4) is 5.75 Å². The molecule has 0 radical (unpaired) electrons. The molecule has 1 aliphatic heterocycles. The van der Waals surface area contributed by atoms with E-state index in [1.807, 2.05) is 60.7 Å². The van der Waals surface area contributed by atoms with Crippen LogP contribution in [0.4, 0.5) is 5.69 Å². The maximum atomic E-state index is 13.6. The molecule has 148 valence electrons. The van der Waals surface area contributed by atoms with Gasteiger partial charge in [0.05, 0.1) is 11.0 Å². The molecule has 3 atom stereocenters. The minimum absolute atomic E-state index is 0.0582. The van der Waals surface area contributed by atoms with Crippen molar-refractivity contribution < 1.29 is 18.5 Å². The number of non-ortho nitro benzene ring substituents is 1. The molecule has 0 N–H and O–H groups in total. The second kappa shape index (κ2) is 8.41. The maximum Gasteiger partial charge on any atom is 0.441 e. The van der Waals surface area contributed by atoms with Crippen molar-refractivity contribution in [2.24, 2.45) is 0 Å². The number of nitro groups is 1.